The van der Waals surface area contributed by atoms with E-state index in [0.717, 1.165) is 16.9 Å². The fraction of sp³-hybridized carbons (Fsp3) is 0. The minimum absolute atomic E-state index is 0.0762. The summed E-state index contributed by atoms with van der Waals surface area (Å²) in [6.45, 7) is 0.0762. The van der Waals surface area contributed by atoms with Gasteiger partial charge in [-0.3, -0.25) is 0 Å². The van der Waals surface area contributed by atoms with Crippen molar-refractivity contribution in [2.24, 2.45) is 0 Å². The normalized spacial score (nSPS) is 13.8. The molecule has 0 aliphatic carbocycles. The average Bonchev–Trinajstić information content (AvgIpc) is 3.36. The van der Waals surface area contributed by atoms with Crippen molar-refractivity contribution in [3.05, 3.63) is 127 Å². The van der Waals surface area contributed by atoms with E-state index in [1.54, 1.807) is 12.1 Å². The Morgan fingerprint density at radius 3 is 2.29 bits per heavy atom. The lowest BCUT2D eigenvalue weighted by molar-refractivity contribution is 0.631. The third kappa shape index (κ3) is 2.70. The third-order valence-electron chi connectivity index (χ3n) is 9.02. The van der Waals surface area contributed by atoms with Crippen LogP contribution in [0.3, 0.4) is 0 Å². The molecule has 6 aromatic carbocycles. The predicted molar refractivity (Wildman–Crippen MR) is 170 cm³/mol. The van der Waals surface area contributed by atoms with Crippen LogP contribution in [0.15, 0.2) is 131 Å². The van der Waals surface area contributed by atoms with E-state index >= 15 is 4.39 Å². The zero-order valence-electron chi connectivity index (χ0n) is 21.8. The second-order valence-electron chi connectivity index (χ2n) is 11.0. The van der Waals surface area contributed by atoms with Crippen LogP contribution in [0, 0.1) is 5.82 Å². The second kappa shape index (κ2) is 7.71. The highest BCUT2D eigenvalue weighted by Crippen LogP contribution is 2.53. The molecule has 41 heavy (non-hydrogen) atoms. The number of anilines is 3. The molecule has 3 aliphatic rings. The van der Waals surface area contributed by atoms with Crippen LogP contribution in [0.2, 0.25) is 0 Å². The molecule has 190 valence electrons. The van der Waals surface area contributed by atoms with Crippen molar-refractivity contribution in [1.29, 1.82) is 0 Å². The molecule has 3 aliphatic heterocycles. The number of halogens is 1. The van der Waals surface area contributed by atoms with Gasteiger partial charge in [-0.25, -0.2) is 4.39 Å². The standard InChI is InChI=1S/C36H20BFN2S/c38-27-14-3-1-9-22(27)21-19-30-34-31(20-21)40-29-16-5-6-17-32(29)41-33-18-8-13-26(36(33)40)37(34)25-12-7-11-24-23-10-2-4-15-28(23)39(30)35(24)25/h1-20H. The van der Waals surface area contributed by atoms with E-state index in [4.69, 9.17) is 0 Å². The Bertz CT molecular complexity index is 2290. The lowest BCUT2D eigenvalue weighted by atomic mass is 9.33. The molecule has 0 fully saturated rings. The van der Waals surface area contributed by atoms with Crippen LogP contribution in [0.25, 0.3) is 38.6 Å². The first-order valence-corrected chi connectivity index (χ1v) is 14.7. The van der Waals surface area contributed by atoms with Gasteiger partial charge in [0.25, 0.3) is 6.71 Å². The van der Waals surface area contributed by atoms with Crippen molar-refractivity contribution in [2.75, 3.05) is 4.90 Å². The highest BCUT2D eigenvalue weighted by Gasteiger charge is 2.44. The van der Waals surface area contributed by atoms with Crippen LogP contribution < -0.4 is 21.3 Å². The summed E-state index contributed by atoms with van der Waals surface area (Å²) >= 11 is 1.84. The van der Waals surface area contributed by atoms with Gasteiger partial charge in [-0.1, -0.05) is 90.6 Å². The zero-order valence-corrected chi connectivity index (χ0v) is 22.6. The van der Waals surface area contributed by atoms with Gasteiger partial charge in [0.1, 0.15) is 5.82 Å². The summed E-state index contributed by atoms with van der Waals surface area (Å²) in [6, 6.07) is 42.4. The number of rotatable bonds is 1. The number of fused-ring (bicyclic) bond motifs is 9. The highest BCUT2D eigenvalue weighted by molar-refractivity contribution is 7.99. The molecule has 0 atom stereocenters. The molecule has 0 unspecified atom stereocenters. The number of hydrogen-bond acceptors (Lipinski definition) is 2. The summed E-state index contributed by atoms with van der Waals surface area (Å²) in [5.74, 6) is -0.207. The summed E-state index contributed by atoms with van der Waals surface area (Å²) in [4.78, 5) is 4.92. The van der Waals surface area contributed by atoms with Gasteiger partial charge in [0.05, 0.1) is 16.9 Å². The molecular formula is C36H20BFN2S. The molecule has 0 amide bonds. The summed E-state index contributed by atoms with van der Waals surface area (Å²) in [7, 11) is 0. The lowest BCUT2D eigenvalue weighted by Gasteiger charge is -2.43. The fourth-order valence-electron chi connectivity index (χ4n) is 7.46. The number of benzene rings is 6. The van der Waals surface area contributed by atoms with Gasteiger partial charge in [0.2, 0.25) is 0 Å². The molecule has 0 N–H and O–H groups in total. The van der Waals surface area contributed by atoms with E-state index in [9.17, 15) is 0 Å². The Labute approximate surface area is 240 Å². The van der Waals surface area contributed by atoms with Crippen LogP contribution in [-0.4, -0.2) is 11.3 Å². The predicted octanol–water partition coefficient (Wildman–Crippen LogP) is 7.67. The minimum atomic E-state index is -0.207. The van der Waals surface area contributed by atoms with Gasteiger partial charge >= 0.3 is 0 Å². The Morgan fingerprint density at radius 1 is 0.610 bits per heavy atom. The van der Waals surface area contributed by atoms with E-state index in [1.165, 1.54) is 59.4 Å². The maximum absolute atomic E-state index is 15.4. The summed E-state index contributed by atoms with van der Waals surface area (Å²) in [6.07, 6.45) is 0. The molecular weight excluding hydrogens is 522 g/mol. The second-order valence-corrected chi connectivity index (χ2v) is 12.1. The van der Waals surface area contributed by atoms with Crippen molar-refractivity contribution >= 4 is 73.7 Å². The molecule has 10 rings (SSSR count). The van der Waals surface area contributed by atoms with Crippen LogP contribution in [0.1, 0.15) is 0 Å². The van der Waals surface area contributed by atoms with Crippen LogP contribution in [0.5, 0.6) is 0 Å². The van der Waals surface area contributed by atoms with Crippen molar-refractivity contribution < 1.29 is 4.39 Å². The van der Waals surface area contributed by atoms with Crippen LogP contribution in [0.4, 0.5) is 21.5 Å². The molecule has 0 spiro atoms. The smallest absolute Gasteiger partial charge is 0.252 e. The van der Waals surface area contributed by atoms with Gasteiger partial charge in [-0.05, 0) is 64.4 Å². The molecule has 7 aromatic rings. The van der Waals surface area contributed by atoms with Gasteiger partial charge in [-0.2, -0.15) is 0 Å². The average molecular weight is 542 g/mol. The van der Waals surface area contributed by atoms with Crippen molar-refractivity contribution in [2.45, 2.75) is 9.79 Å². The third-order valence-corrected chi connectivity index (χ3v) is 10.1. The van der Waals surface area contributed by atoms with E-state index in [-0.39, 0.29) is 12.5 Å². The Hall–Kier alpha value is -4.74. The molecule has 5 heteroatoms. The van der Waals surface area contributed by atoms with Crippen LogP contribution in [-0.2, 0) is 0 Å². The molecule has 0 radical (unpaired) electrons. The van der Waals surface area contributed by atoms with Gasteiger partial charge in [0, 0.05) is 43.0 Å². The molecule has 1 aromatic heterocycles. The molecule has 0 bridgehead atoms. The lowest BCUT2D eigenvalue weighted by Crippen LogP contribution is -2.60. The van der Waals surface area contributed by atoms with E-state index in [2.05, 4.69) is 107 Å². The monoisotopic (exact) mass is 542 g/mol. The summed E-state index contributed by atoms with van der Waals surface area (Å²) in [5, 5.41) is 2.50. The quantitative estimate of drug-likeness (QED) is 0.197. The first-order chi connectivity index (χ1) is 20.3. The van der Waals surface area contributed by atoms with Crippen molar-refractivity contribution in [3.63, 3.8) is 0 Å². The minimum Gasteiger partial charge on any atom is -0.310 e. The van der Waals surface area contributed by atoms with E-state index in [1.807, 2.05) is 23.9 Å². The number of aromatic nitrogens is 1. The number of para-hydroxylation sites is 4. The number of hydrogen-bond donors (Lipinski definition) is 0. The largest absolute Gasteiger partial charge is 0.310 e. The van der Waals surface area contributed by atoms with Gasteiger partial charge in [0.15, 0.2) is 0 Å². The Morgan fingerprint density at radius 2 is 1.34 bits per heavy atom. The van der Waals surface area contributed by atoms with Crippen LogP contribution >= 0.6 is 11.8 Å². The Balaban J connectivity index is 1.43. The summed E-state index contributed by atoms with van der Waals surface area (Å²) < 4.78 is 17.8. The SMILES string of the molecule is Fc1ccccc1-c1cc2c3c(c1)-n1c4ccccc4c4cccc(c41)B3c1cccc3c1N2c1ccccc1S3. The summed E-state index contributed by atoms with van der Waals surface area (Å²) in [5.41, 5.74) is 12.5. The first kappa shape index (κ1) is 22.0. The maximum Gasteiger partial charge on any atom is 0.252 e. The zero-order chi connectivity index (χ0) is 26.8. The van der Waals surface area contributed by atoms with Gasteiger partial charge < -0.3 is 9.47 Å². The maximum atomic E-state index is 15.4. The van der Waals surface area contributed by atoms with E-state index in [0.29, 0.717) is 5.56 Å². The fourth-order valence-corrected chi connectivity index (χ4v) is 8.56. The molecule has 0 saturated carbocycles. The Kier molecular flexibility index (Phi) is 4.14. The molecule has 2 nitrogen and oxygen atoms in total. The number of nitrogens with zero attached hydrogens (tertiary/aromatic N) is 2. The van der Waals surface area contributed by atoms with E-state index < -0.39 is 0 Å². The molecule has 4 heterocycles. The van der Waals surface area contributed by atoms with Crippen molar-refractivity contribution in [1.82, 2.24) is 4.57 Å². The topological polar surface area (TPSA) is 8.17 Å². The molecule has 0 saturated heterocycles. The van der Waals surface area contributed by atoms with Gasteiger partial charge in [-0.15, -0.1) is 0 Å². The highest BCUT2D eigenvalue weighted by atomic mass is 32.2. The first-order valence-electron chi connectivity index (χ1n) is 13.9. The van der Waals surface area contributed by atoms with Crippen molar-refractivity contribution in [3.8, 4) is 16.8 Å².